The van der Waals surface area contributed by atoms with Crippen molar-refractivity contribution in [3.05, 3.63) is 42.0 Å². The summed E-state index contributed by atoms with van der Waals surface area (Å²) in [6.45, 7) is 2.84. The van der Waals surface area contributed by atoms with Gasteiger partial charge in [0.1, 0.15) is 12.9 Å². The molecule has 0 aliphatic rings. The van der Waals surface area contributed by atoms with E-state index >= 15 is 0 Å². The lowest BCUT2D eigenvalue weighted by atomic mass is 10.1. The van der Waals surface area contributed by atoms with Crippen LogP contribution in [0.5, 0.6) is 0 Å². The van der Waals surface area contributed by atoms with Gasteiger partial charge in [-0.15, -0.1) is 10.2 Å². The Morgan fingerprint density at radius 1 is 1.30 bits per heavy atom. The zero-order chi connectivity index (χ0) is 16.7. The Morgan fingerprint density at radius 2 is 2.09 bits per heavy atom. The number of rotatable bonds is 8. The molecular weight excluding hydrogens is 298 g/mol. The molecule has 0 aliphatic heterocycles. The molecule has 0 saturated carbocycles. The van der Waals surface area contributed by atoms with Crippen LogP contribution in [0.2, 0.25) is 0 Å². The Balaban J connectivity index is 2.03. The Bertz CT molecular complexity index is 683. The summed E-state index contributed by atoms with van der Waals surface area (Å²) < 4.78 is 1.88. The average molecular weight is 317 g/mol. The number of anilines is 1. The molecule has 0 spiro atoms. The molecule has 1 heterocycles. The molecule has 0 fully saturated rings. The molecule has 8 nitrogen and oxygen atoms in total. The largest absolute Gasteiger partial charge is 0.480 e. The minimum absolute atomic E-state index is 0.255. The number of carbonyl (C=O) groups excluding carboxylic acids is 1. The van der Waals surface area contributed by atoms with Crippen LogP contribution in [0, 0.1) is 0 Å². The van der Waals surface area contributed by atoms with Gasteiger partial charge in [-0.1, -0.05) is 19.1 Å². The lowest BCUT2D eigenvalue weighted by Crippen LogP contribution is -2.26. The van der Waals surface area contributed by atoms with Gasteiger partial charge in [-0.3, -0.25) is 9.59 Å². The Hall–Kier alpha value is -2.90. The molecule has 3 N–H and O–H groups in total. The van der Waals surface area contributed by atoms with Gasteiger partial charge in [0.2, 0.25) is 0 Å². The van der Waals surface area contributed by atoms with Crippen LogP contribution in [-0.2, 0) is 17.9 Å². The smallest absolute Gasteiger partial charge is 0.322 e. The second-order valence-corrected chi connectivity index (χ2v) is 4.92. The summed E-state index contributed by atoms with van der Waals surface area (Å²) >= 11 is 0. The summed E-state index contributed by atoms with van der Waals surface area (Å²) in [7, 11) is 0. The van der Waals surface area contributed by atoms with Crippen molar-refractivity contribution in [2.45, 2.75) is 26.4 Å². The number of carbonyl (C=O) groups is 2. The van der Waals surface area contributed by atoms with Crippen LogP contribution < -0.4 is 10.6 Å². The highest BCUT2D eigenvalue weighted by atomic mass is 16.4. The van der Waals surface area contributed by atoms with Crippen molar-refractivity contribution in [3.8, 4) is 0 Å². The van der Waals surface area contributed by atoms with Gasteiger partial charge in [0.05, 0.1) is 12.1 Å². The van der Waals surface area contributed by atoms with Crippen LogP contribution in [0.1, 0.15) is 29.5 Å². The van der Waals surface area contributed by atoms with Crippen molar-refractivity contribution >= 4 is 17.6 Å². The van der Waals surface area contributed by atoms with Crippen LogP contribution in [-0.4, -0.2) is 38.3 Å². The van der Waals surface area contributed by atoms with E-state index in [2.05, 4.69) is 20.8 Å². The maximum Gasteiger partial charge on any atom is 0.322 e. The molecule has 122 valence electrons. The molecule has 23 heavy (non-hydrogen) atoms. The van der Waals surface area contributed by atoms with Crippen molar-refractivity contribution < 1.29 is 14.7 Å². The normalized spacial score (nSPS) is 10.3. The molecule has 1 aromatic heterocycles. The molecule has 2 aromatic rings. The first kappa shape index (κ1) is 16.5. The summed E-state index contributed by atoms with van der Waals surface area (Å²) in [5, 5.41) is 22.1. The van der Waals surface area contributed by atoms with E-state index in [0.29, 0.717) is 17.1 Å². The van der Waals surface area contributed by atoms with Crippen molar-refractivity contribution in [2.24, 2.45) is 0 Å². The van der Waals surface area contributed by atoms with E-state index in [9.17, 15) is 9.59 Å². The van der Waals surface area contributed by atoms with Crippen LogP contribution in [0.3, 0.4) is 0 Å². The monoisotopic (exact) mass is 317 g/mol. The molecule has 0 radical (unpaired) electrons. The van der Waals surface area contributed by atoms with Gasteiger partial charge in [-0.25, -0.2) is 0 Å². The highest BCUT2D eigenvalue weighted by molar-refractivity contribution is 5.99. The summed E-state index contributed by atoms with van der Waals surface area (Å²) in [4.78, 5) is 23.0. The zero-order valence-corrected chi connectivity index (χ0v) is 12.8. The fraction of sp³-hybridized carbons (Fsp3) is 0.333. The molecular formula is C15H19N5O3. The lowest BCUT2D eigenvalue weighted by molar-refractivity contribution is -0.134. The van der Waals surface area contributed by atoms with Gasteiger partial charge in [0, 0.05) is 12.2 Å². The van der Waals surface area contributed by atoms with Gasteiger partial charge in [0.25, 0.3) is 5.91 Å². The first-order valence-electron chi connectivity index (χ1n) is 7.31. The van der Waals surface area contributed by atoms with Crippen molar-refractivity contribution in [3.63, 3.8) is 0 Å². The van der Waals surface area contributed by atoms with E-state index in [1.807, 2.05) is 11.5 Å². The molecule has 0 bridgehead atoms. The third-order valence-corrected chi connectivity index (χ3v) is 3.17. The summed E-state index contributed by atoms with van der Waals surface area (Å²) in [5.41, 5.74) is 0.859. The highest BCUT2D eigenvalue weighted by Gasteiger charge is 2.12. The number of amides is 1. The lowest BCUT2D eigenvalue weighted by Gasteiger charge is -2.11. The number of nitrogens with one attached hydrogen (secondary N) is 2. The Labute approximate surface area is 133 Å². The van der Waals surface area contributed by atoms with Gasteiger partial charge < -0.3 is 20.3 Å². The average Bonchev–Trinajstić information content (AvgIpc) is 2.98. The number of carboxylic acid groups (broad SMARTS) is 1. The second kappa shape index (κ2) is 7.92. The molecule has 8 heteroatoms. The van der Waals surface area contributed by atoms with E-state index in [1.54, 1.807) is 30.6 Å². The number of aliphatic carboxylic acids is 1. The minimum atomic E-state index is -0.993. The molecule has 0 unspecified atom stereocenters. The zero-order valence-electron chi connectivity index (χ0n) is 12.8. The molecule has 2 rings (SSSR count). The number of hydrogen-bond acceptors (Lipinski definition) is 5. The van der Waals surface area contributed by atoms with Crippen LogP contribution in [0.4, 0.5) is 5.69 Å². The maximum absolute atomic E-state index is 12.3. The topological polar surface area (TPSA) is 109 Å². The number of hydrogen-bond donors (Lipinski definition) is 3. The molecule has 0 saturated heterocycles. The van der Waals surface area contributed by atoms with Gasteiger partial charge in [-0.05, 0) is 18.6 Å². The molecule has 0 aliphatic carbocycles. The van der Waals surface area contributed by atoms with E-state index in [-0.39, 0.29) is 19.0 Å². The standard InChI is InChI=1S/C15H19N5O3/c1-2-7-20-10-18-19-13(20)8-17-15(23)11-5-3-4-6-12(11)16-9-14(21)22/h3-6,10,16H,2,7-9H2,1H3,(H,17,23)(H,21,22). The molecule has 0 atom stereocenters. The van der Waals surface area contributed by atoms with Crippen molar-refractivity contribution in [2.75, 3.05) is 11.9 Å². The number of nitrogens with zero attached hydrogens (tertiary/aromatic N) is 3. The van der Waals surface area contributed by atoms with E-state index < -0.39 is 5.97 Å². The first-order chi connectivity index (χ1) is 11.1. The first-order valence-corrected chi connectivity index (χ1v) is 7.31. The number of carboxylic acids is 1. The predicted molar refractivity (Wildman–Crippen MR) is 84.1 cm³/mol. The quantitative estimate of drug-likeness (QED) is 0.673. The third kappa shape index (κ3) is 4.53. The van der Waals surface area contributed by atoms with Gasteiger partial charge in [-0.2, -0.15) is 0 Å². The minimum Gasteiger partial charge on any atom is -0.480 e. The Kier molecular flexibility index (Phi) is 5.67. The third-order valence-electron chi connectivity index (χ3n) is 3.17. The van der Waals surface area contributed by atoms with E-state index in [0.717, 1.165) is 13.0 Å². The summed E-state index contributed by atoms with van der Waals surface area (Å²) in [5.74, 6) is -0.617. The fourth-order valence-electron chi connectivity index (χ4n) is 2.10. The van der Waals surface area contributed by atoms with Crippen molar-refractivity contribution in [1.82, 2.24) is 20.1 Å². The summed E-state index contributed by atoms with van der Waals surface area (Å²) in [6, 6.07) is 6.76. The number of benzene rings is 1. The SMILES string of the molecule is CCCn1cnnc1CNC(=O)c1ccccc1NCC(=O)O. The van der Waals surface area contributed by atoms with Crippen LogP contribution in [0.25, 0.3) is 0 Å². The number of aryl methyl sites for hydroxylation is 1. The maximum atomic E-state index is 12.3. The second-order valence-electron chi connectivity index (χ2n) is 4.92. The highest BCUT2D eigenvalue weighted by Crippen LogP contribution is 2.14. The van der Waals surface area contributed by atoms with Gasteiger partial charge in [0.15, 0.2) is 5.82 Å². The molecule has 1 aromatic carbocycles. The number of para-hydroxylation sites is 1. The summed E-state index contributed by atoms with van der Waals surface area (Å²) in [6.07, 6.45) is 2.58. The van der Waals surface area contributed by atoms with Crippen LogP contribution >= 0.6 is 0 Å². The van der Waals surface area contributed by atoms with Crippen molar-refractivity contribution in [1.29, 1.82) is 0 Å². The van der Waals surface area contributed by atoms with E-state index in [1.165, 1.54) is 0 Å². The fourth-order valence-corrected chi connectivity index (χ4v) is 2.10. The predicted octanol–water partition coefficient (Wildman–Crippen LogP) is 1.11. The van der Waals surface area contributed by atoms with Crippen LogP contribution in [0.15, 0.2) is 30.6 Å². The molecule has 1 amide bonds. The van der Waals surface area contributed by atoms with Gasteiger partial charge >= 0.3 is 5.97 Å². The number of aromatic nitrogens is 3. The Morgan fingerprint density at radius 3 is 2.83 bits per heavy atom. The van der Waals surface area contributed by atoms with E-state index in [4.69, 9.17) is 5.11 Å².